The van der Waals surface area contributed by atoms with Gasteiger partial charge >= 0.3 is 12.3 Å². The fourth-order valence-corrected chi connectivity index (χ4v) is 3.11. The largest absolute Gasteiger partial charge is 0.573 e. The lowest BCUT2D eigenvalue weighted by Gasteiger charge is -2.21. The third-order valence-electron chi connectivity index (χ3n) is 3.32. The van der Waals surface area contributed by atoms with Crippen molar-refractivity contribution < 1.29 is 35.9 Å². The van der Waals surface area contributed by atoms with Crippen molar-refractivity contribution in [1.82, 2.24) is 4.72 Å². The Kier molecular flexibility index (Phi) is 6.61. The predicted molar refractivity (Wildman–Crippen MR) is 78.7 cm³/mol. The molecule has 0 spiro atoms. The van der Waals surface area contributed by atoms with E-state index >= 15 is 0 Å². The average molecular weight is 369 g/mol. The summed E-state index contributed by atoms with van der Waals surface area (Å²) < 4.78 is 71.4. The molecular formula is C14H18F3NO5S. The lowest BCUT2D eigenvalue weighted by molar-refractivity contribution is -0.274. The lowest BCUT2D eigenvalue weighted by atomic mass is 10.0. The second-order valence-electron chi connectivity index (χ2n) is 5.03. The van der Waals surface area contributed by atoms with E-state index in [1.54, 1.807) is 13.8 Å². The number of benzene rings is 1. The summed E-state index contributed by atoms with van der Waals surface area (Å²) in [7, 11) is -2.98. The second-order valence-corrected chi connectivity index (χ2v) is 6.74. The Morgan fingerprint density at radius 3 is 2.21 bits per heavy atom. The zero-order chi connectivity index (χ0) is 18.5. The third kappa shape index (κ3) is 5.68. The molecule has 24 heavy (non-hydrogen) atoms. The molecule has 0 aliphatic heterocycles. The standard InChI is InChI=1S/C14H18F3NO5S/c1-4-9(2)12(13(19)22-3)18-24(20,21)11-7-5-10(6-8-11)23-14(15,16)17/h5-9,12,18H,4H2,1-3H3/t9-,12+/m1/s1. The summed E-state index contributed by atoms with van der Waals surface area (Å²) in [5.74, 6) is -1.63. The minimum atomic E-state index is -4.87. The van der Waals surface area contributed by atoms with E-state index in [1.165, 1.54) is 0 Å². The first-order valence-corrected chi connectivity index (χ1v) is 8.44. The number of halogens is 3. The molecule has 2 atom stereocenters. The van der Waals surface area contributed by atoms with E-state index in [1.807, 2.05) is 0 Å². The van der Waals surface area contributed by atoms with Crippen LogP contribution in [-0.4, -0.2) is 33.9 Å². The quantitative estimate of drug-likeness (QED) is 0.747. The SMILES string of the molecule is CC[C@@H](C)[C@H](NS(=O)(=O)c1ccc(OC(F)(F)F)cc1)C(=O)OC. The highest BCUT2D eigenvalue weighted by Crippen LogP contribution is 2.24. The van der Waals surface area contributed by atoms with Crippen LogP contribution in [0.1, 0.15) is 20.3 Å². The zero-order valence-corrected chi connectivity index (χ0v) is 14.1. The average Bonchev–Trinajstić information content (AvgIpc) is 2.50. The fraction of sp³-hybridized carbons (Fsp3) is 0.500. The van der Waals surface area contributed by atoms with E-state index in [4.69, 9.17) is 0 Å². The zero-order valence-electron chi connectivity index (χ0n) is 13.3. The lowest BCUT2D eigenvalue weighted by Crippen LogP contribution is -2.45. The number of alkyl halides is 3. The van der Waals surface area contributed by atoms with E-state index < -0.39 is 34.1 Å². The molecule has 0 heterocycles. The van der Waals surface area contributed by atoms with Gasteiger partial charge in [0.2, 0.25) is 10.0 Å². The van der Waals surface area contributed by atoms with Crippen molar-refractivity contribution in [3.05, 3.63) is 24.3 Å². The highest BCUT2D eigenvalue weighted by Gasteiger charge is 2.32. The first-order chi connectivity index (χ1) is 11.0. The molecule has 10 heteroatoms. The highest BCUT2D eigenvalue weighted by molar-refractivity contribution is 7.89. The maximum Gasteiger partial charge on any atom is 0.573 e. The topological polar surface area (TPSA) is 81.7 Å². The summed E-state index contributed by atoms with van der Waals surface area (Å²) >= 11 is 0. The van der Waals surface area contributed by atoms with Gasteiger partial charge in [-0.2, -0.15) is 4.72 Å². The maximum atomic E-state index is 12.3. The van der Waals surface area contributed by atoms with Crippen LogP contribution in [0.15, 0.2) is 29.2 Å². The van der Waals surface area contributed by atoms with E-state index in [-0.39, 0.29) is 10.8 Å². The van der Waals surface area contributed by atoms with Crippen molar-refractivity contribution in [2.75, 3.05) is 7.11 Å². The number of hydrogen-bond acceptors (Lipinski definition) is 5. The molecule has 0 fully saturated rings. The number of carbonyl (C=O) groups excluding carboxylic acids is 1. The van der Waals surface area contributed by atoms with Gasteiger partial charge in [0, 0.05) is 0 Å². The number of esters is 1. The number of sulfonamides is 1. The van der Waals surface area contributed by atoms with Crippen LogP contribution >= 0.6 is 0 Å². The smallest absolute Gasteiger partial charge is 0.468 e. The first-order valence-electron chi connectivity index (χ1n) is 6.96. The molecule has 0 radical (unpaired) electrons. The highest BCUT2D eigenvalue weighted by atomic mass is 32.2. The molecule has 1 aromatic carbocycles. The Balaban J connectivity index is 3.00. The number of methoxy groups -OCH3 is 1. The maximum absolute atomic E-state index is 12.3. The molecule has 0 aliphatic carbocycles. The summed E-state index contributed by atoms with van der Waals surface area (Å²) in [6.45, 7) is 3.45. The predicted octanol–water partition coefficient (Wildman–Crippen LogP) is 2.45. The molecule has 0 aromatic heterocycles. The molecular weight excluding hydrogens is 351 g/mol. The van der Waals surface area contributed by atoms with Crippen molar-refractivity contribution in [3.63, 3.8) is 0 Å². The summed E-state index contributed by atoms with van der Waals surface area (Å²) in [5, 5.41) is 0. The number of nitrogens with one attached hydrogen (secondary N) is 1. The van der Waals surface area contributed by atoms with Gasteiger partial charge in [-0.25, -0.2) is 8.42 Å². The number of rotatable bonds is 7. The van der Waals surface area contributed by atoms with Gasteiger partial charge in [-0.1, -0.05) is 20.3 Å². The van der Waals surface area contributed by atoms with Crippen LogP contribution in [-0.2, 0) is 19.6 Å². The molecule has 0 amide bonds. The minimum Gasteiger partial charge on any atom is -0.468 e. The summed E-state index contributed by atoms with van der Waals surface area (Å²) in [5.41, 5.74) is 0. The third-order valence-corrected chi connectivity index (χ3v) is 4.77. The van der Waals surface area contributed by atoms with Gasteiger partial charge in [-0.3, -0.25) is 4.79 Å². The van der Waals surface area contributed by atoms with Crippen molar-refractivity contribution in [2.24, 2.45) is 5.92 Å². The number of ether oxygens (including phenoxy) is 2. The molecule has 0 aliphatic rings. The van der Waals surface area contributed by atoms with Gasteiger partial charge in [0.1, 0.15) is 11.8 Å². The van der Waals surface area contributed by atoms with Crippen LogP contribution in [0.3, 0.4) is 0 Å². The Hall–Kier alpha value is -1.81. The van der Waals surface area contributed by atoms with Gasteiger partial charge in [0.15, 0.2) is 0 Å². The number of carbonyl (C=O) groups is 1. The van der Waals surface area contributed by atoms with Crippen LogP contribution in [0.4, 0.5) is 13.2 Å². The summed E-state index contributed by atoms with van der Waals surface area (Å²) in [6, 6.07) is 2.55. The van der Waals surface area contributed by atoms with Gasteiger partial charge in [0.25, 0.3) is 0 Å². The van der Waals surface area contributed by atoms with E-state index in [0.717, 1.165) is 31.4 Å². The first kappa shape index (κ1) is 20.2. The van der Waals surface area contributed by atoms with Crippen molar-refractivity contribution in [3.8, 4) is 5.75 Å². The molecule has 0 bridgehead atoms. The monoisotopic (exact) mass is 369 g/mol. The van der Waals surface area contributed by atoms with Crippen LogP contribution in [0.5, 0.6) is 5.75 Å². The van der Waals surface area contributed by atoms with Crippen LogP contribution in [0.25, 0.3) is 0 Å². The Morgan fingerprint density at radius 1 is 1.25 bits per heavy atom. The molecule has 1 aromatic rings. The van der Waals surface area contributed by atoms with E-state index in [9.17, 15) is 26.4 Å². The molecule has 136 valence electrons. The van der Waals surface area contributed by atoms with Crippen molar-refractivity contribution in [2.45, 2.75) is 37.6 Å². The van der Waals surface area contributed by atoms with Crippen LogP contribution < -0.4 is 9.46 Å². The normalized spacial score (nSPS) is 14.8. The molecule has 1 N–H and O–H groups in total. The van der Waals surface area contributed by atoms with Gasteiger partial charge < -0.3 is 9.47 Å². The number of hydrogen-bond donors (Lipinski definition) is 1. The molecule has 6 nitrogen and oxygen atoms in total. The summed E-state index contributed by atoms with van der Waals surface area (Å²) in [6.07, 6.45) is -4.36. The molecule has 1 rings (SSSR count). The van der Waals surface area contributed by atoms with Gasteiger partial charge in [0.05, 0.1) is 12.0 Å². The van der Waals surface area contributed by atoms with Crippen molar-refractivity contribution >= 4 is 16.0 Å². The molecule has 0 unspecified atom stereocenters. The minimum absolute atomic E-state index is 0.297. The Morgan fingerprint density at radius 2 is 1.79 bits per heavy atom. The summed E-state index contributed by atoms with van der Waals surface area (Å²) in [4.78, 5) is 11.4. The van der Waals surface area contributed by atoms with E-state index in [2.05, 4.69) is 14.2 Å². The second kappa shape index (κ2) is 7.84. The van der Waals surface area contributed by atoms with E-state index in [0.29, 0.717) is 6.42 Å². The molecule has 0 saturated heterocycles. The Bertz CT molecular complexity index is 658. The van der Waals surface area contributed by atoms with Gasteiger partial charge in [-0.05, 0) is 30.2 Å². The van der Waals surface area contributed by atoms with Gasteiger partial charge in [-0.15, -0.1) is 13.2 Å². The fourth-order valence-electron chi connectivity index (χ4n) is 1.81. The van der Waals surface area contributed by atoms with Crippen LogP contribution in [0.2, 0.25) is 0 Å². The van der Waals surface area contributed by atoms with Crippen LogP contribution in [0, 0.1) is 5.92 Å². The molecule has 0 saturated carbocycles. The van der Waals surface area contributed by atoms with Crippen molar-refractivity contribution in [1.29, 1.82) is 0 Å². The Labute approximate surface area is 138 Å².